The Hall–Kier alpha value is -1.01. The number of hydrogen-bond acceptors (Lipinski definition) is 5. The zero-order valence-electron chi connectivity index (χ0n) is 9.55. The molecule has 5 nitrogen and oxygen atoms in total. The third kappa shape index (κ3) is 4.67. The van der Waals surface area contributed by atoms with E-state index in [1.807, 2.05) is 6.92 Å². The van der Waals surface area contributed by atoms with Gasteiger partial charge in [-0.2, -0.15) is 0 Å². The normalized spacial score (nSPS) is 13.6. The molecule has 1 N–H and O–H groups in total. The molecule has 16 heavy (non-hydrogen) atoms. The van der Waals surface area contributed by atoms with Crippen LogP contribution in [-0.2, 0) is 9.84 Å². The predicted molar refractivity (Wildman–Crippen MR) is 62.8 cm³/mol. The maximum Gasteiger partial charge on any atom is 0.147 e. The second-order valence-electron chi connectivity index (χ2n) is 3.66. The highest BCUT2D eigenvalue weighted by molar-refractivity contribution is 7.90. The summed E-state index contributed by atoms with van der Waals surface area (Å²) in [6.45, 7) is 2.74. The fraction of sp³-hybridized carbons (Fsp3) is 0.600. The van der Waals surface area contributed by atoms with Gasteiger partial charge in [-0.3, -0.25) is 9.97 Å². The van der Waals surface area contributed by atoms with Gasteiger partial charge in [0, 0.05) is 24.8 Å². The first kappa shape index (κ1) is 13.1. The van der Waals surface area contributed by atoms with Gasteiger partial charge in [0.1, 0.15) is 9.84 Å². The van der Waals surface area contributed by atoms with E-state index in [9.17, 15) is 8.42 Å². The van der Waals surface area contributed by atoms with Crippen molar-refractivity contribution in [1.29, 1.82) is 0 Å². The van der Waals surface area contributed by atoms with Gasteiger partial charge in [-0.25, -0.2) is 8.42 Å². The molecular weight excluding hydrogens is 226 g/mol. The molecule has 1 rings (SSSR count). The van der Waals surface area contributed by atoms with E-state index >= 15 is 0 Å². The lowest BCUT2D eigenvalue weighted by atomic mass is 10.1. The molecule has 90 valence electrons. The van der Waals surface area contributed by atoms with Crippen molar-refractivity contribution < 1.29 is 8.42 Å². The molecule has 0 saturated heterocycles. The Balaban J connectivity index is 2.69. The van der Waals surface area contributed by atoms with Gasteiger partial charge in [0.05, 0.1) is 17.5 Å². The number of nitrogens with zero attached hydrogens (tertiary/aromatic N) is 2. The predicted octanol–water partition coefficient (Wildman–Crippen LogP) is 0.562. The van der Waals surface area contributed by atoms with E-state index in [4.69, 9.17) is 0 Å². The average Bonchev–Trinajstić information content (AvgIpc) is 2.24. The van der Waals surface area contributed by atoms with Crippen LogP contribution in [0.4, 0.5) is 0 Å². The van der Waals surface area contributed by atoms with Crippen molar-refractivity contribution >= 4 is 9.84 Å². The number of hydrogen-bond donors (Lipinski definition) is 1. The Morgan fingerprint density at radius 3 is 2.69 bits per heavy atom. The molecule has 1 aromatic rings. The van der Waals surface area contributed by atoms with E-state index < -0.39 is 9.84 Å². The Kier molecular flexibility index (Phi) is 4.82. The lowest BCUT2D eigenvalue weighted by molar-refractivity contribution is 0.517. The molecule has 0 aliphatic rings. The molecule has 0 aromatic carbocycles. The first-order chi connectivity index (χ1) is 7.53. The van der Waals surface area contributed by atoms with E-state index in [1.54, 1.807) is 18.6 Å². The third-order valence-corrected chi connectivity index (χ3v) is 3.15. The Morgan fingerprint density at radius 1 is 1.44 bits per heavy atom. The molecule has 0 fully saturated rings. The van der Waals surface area contributed by atoms with Gasteiger partial charge in [-0.1, -0.05) is 6.92 Å². The lowest BCUT2D eigenvalue weighted by Crippen LogP contribution is -2.24. The fourth-order valence-corrected chi connectivity index (χ4v) is 2.09. The molecule has 1 heterocycles. The second kappa shape index (κ2) is 5.91. The molecule has 6 heteroatoms. The van der Waals surface area contributed by atoms with Crippen LogP contribution in [-0.4, -0.2) is 36.9 Å². The Labute approximate surface area is 96.2 Å². The van der Waals surface area contributed by atoms with Crippen molar-refractivity contribution in [3.8, 4) is 0 Å². The summed E-state index contributed by atoms with van der Waals surface area (Å²) in [5.74, 6) is 0.154. The zero-order chi connectivity index (χ0) is 12.0. The Morgan fingerprint density at radius 2 is 2.19 bits per heavy atom. The molecule has 0 saturated carbocycles. The highest BCUT2D eigenvalue weighted by Gasteiger charge is 2.14. The van der Waals surface area contributed by atoms with Gasteiger partial charge in [0.25, 0.3) is 0 Å². The monoisotopic (exact) mass is 243 g/mol. The third-order valence-electron chi connectivity index (χ3n) is 2.17. The molecule has 0 radical (unpaired) electrons. The summed E-state index contributed by atoms with van der Waals surface area (Å²) in [7, 11) is -2.93. The maximum absolute atomic E-state index is 11.1. The fourth-order valence-electron chi connectivity index (χ4n) is 1.42. The molecule has 1 aromatic heterocycles. The Bertz CT molecular complexity index is 405. The van der Waals surface area contributed by atoms with Crippen LogP contribution in [0.3, 0.4) is 0 Å². The lowest BCUT2D eigenvalue weighted by Gasteiger charge is -2.16. The van der Waals surface area contributed by atoms with Crippen LogP contribution in [0, 0.1) is 0 Å². The van der Waals surface area contributed by atoms with Gasteiger partial charge < -0.3 is 5.32 Å². The molecule has 0 bridgehead atoms. The molecule has 0 amide bonds. The summed E-state index contributed by atoms with van der Waals surface area (Å²) >= 11 is 0. The topological polar surface area (TPSA) is 72.0 Å². The molecule has 0 spiro atoms. The van der Waals surface area contributed by atoms with Crippen LogP contribution in [0.2, 0.25) is 0 Å². The summed E-state index contributed by atoms with van der Waals surface area (Å²) in [6.07, 6.45) is 6.64. The average molecular weight is 243 g/mol. The van der Waals surface area contributed by atoms with Gasteiger partial charge >= 0.3 is 0 Å². The highest BCUT2D eigenvalue weighted by Crippen LogP contribution is 2.13. The largest absolute Gasteiger partial charge is 0.309 e. The number of rotatable bonds is 6. The van der Waals surface area contributed by atoms with Crippen molar-refractivity contribution in [3.63, 3.8) is 0 Å². The number of sulfone groups is 1. The van der Waals surface area contributed by atoms with Gasteiger partial charge in [-0.15, -0.1) is 0 Å². The molecular formula is C10H17N3O2S. The van der Waals surface area contributed by atoms with E-state index in [-0.39, 0.29) is 11.8 Å². The van der Waals surface area contributed by atoms with Crippen LogP contribution in [0.15, 0.2) is 18.6 Å². The SMILES string of the molecule is CCNC(CCS(C)(=O)=O)c1cnccn1. The van der Waals surface area contributed by atoms with Crippen molar-refractivity contribution in [2.24, 2.45) is 0 Å². The molecule has 0 aliphatic heterocycles. The van der Waals surface area contributed by atoms with Gasteiger partial charge in [0.2, 0.25) is 0 Å². The quantitative estimate of drug-likeness (QED) is 0.790. The second-order valence-corrected chi connectivity index (χ2v) is 5.92. The van der Waals surface area contributed by atoms with E-state index in [2.05, 4.69) is 15.3 Å². The van der Waals surface area contributed by atoms with Crippen molar-refractivity contribution in [3.05, 3.63) is 24.3 Å². The van der Waals surface area contributed by atoms with Crippen LogP contribution in [0.5, 0.6) is 0 Å². The van der Waals surface area contributed by atoms with Crippen molar-refractivity contribution in [1.82, 2.24) is 15.3 Å². The van der Waals surface area contributed by atoms with E-state index in [0.717, 1.165) is 12.2 Å². The summed E-state index contributed by atoms with van der Waals surface area (Å²) in [4.78, 5) is 8.16. The van der Waals surface area contributed by atoms with Crippen LogP contribution < -0.4 is 5.32 Å². The minimum Gasteiger partial charge on any atom is -0.309 e. The summed E-state index contributed by atoms with van der Waals surface area (Å²) in [6, 6.07) is -0.0478. The summed E-state index contributed by atoms with van der Waals surface area (Å²) in [5, 5.41) is 3.20. The maximum atomic E-state index is 11.1. The van der Waals surface area contributed by atoms with Crippen LogP contribution in [0.25, 0.3) is 0 Å². The molecule has 1 unspecified atom stereocenters. The van der Waals surface area contributed by atoms with Crippen molar-refractivity contribution in [2.75, 3.05) is 18.6 Å². The summed E-state index contributed by atoms with van der Waals surface area (Å²) < 4.78 is 22.2. The minimum absolute atomic E-state index is 0.0478. The smallest absolute Gasteiger partial charge is 0.147 e. The number of aromatic nitrogens is 2. The van der Waals surface area contributed by atoms with E-state index in [0.29, 0.717) is 6.42 Å². The molecule has 0 aliphatic carbocycles. The van der Waals surface area contributed by atoms with Gasteiger partial charge in [0.15, 0.2) is 0 Å². The van der Waals surface area contributed by atoms with Crippen LogP contribution in [0.1, 0.15) is 25.1 Å². The first-order valence-corrected chi connectivity index (χ1v) is 7.26. The first-order valence-electron chi connectivity index (χ1n) is 5.20. The number of nitrogens with one attached hydrogen (secondary N) is 1. The van der Waals surface area contributed by atoms with Gasteiger partial charge in [-0.05, 0) is 13.0 Å². The summed E-state index contributed by atoms with van der Waals surface area (Å²) in [5.41, 5.74) is 0.785. The van der Waals surface area contributed by atoms with Crippen molar-refractivity contribution in [2.45, 2.75) is 19.4 Å². The van der Waals surface area contributed by atoms with Crippen LogP contribution >= 0.6 is 0 Å². The minimum atomic E-state index is -2.93. The standard InChI is InChI=1S/C10H17N3O2S/c1-3-12-9(4-7-16(2,14)15)10-8-11-5-6-13-10/h5-6,8-9,12H,3-4,7H2,1-2H3. The zero-order valence-corrected chi connectivity index (χ0v) is 10.4. The molecule has 1 atom stereocenters. The highest BCUT2D eigenvalue weighted by atomic mass is 32.2. The van der Waals surface area contributed by atoms with E-state index in [1.165, 1.54) is 6.26 Å².